The Morgan fingerprint density at radius 2 is 2.10 bits per heavy atom. The smallest absolute Gasteiger partial charge is 0.00962 e. The van der Waals surface area contributed by atoms with Crippen molar-refractivity contribution < 1.29 is 0 Å². The molecule has 0 aromatic rings. The largest absolute Gasteiger partial charge is 0.327 e. The Labute approximate surface area is 62.2 Å². The van der Waals surface area contributed by atoms with E-state index in [1.54, 1.807) is 0 Å². The lowest BCUT2D eigenvalue weighted by molar-refractivity contribution is 0.340. The number of nitrogens with two attached hydrogens (primary N) is 1. The Bertz CT molecular complexity index is 135. The van der Waals surface area contributed by atoms with Crippen LogP contribution in [0.25, 0.3) is 0 Å². The molecule has 10 heavy (non-hydrogen) atoms. The zero-order valence-corrected chi connectivity index (χ0v) is 6.51. The van der Waals surface area contributed by atoms with Gasteiger partial charge in [-0.15, -0.1) is 0 Å². The summed E-state index contributed by atoms with van der Waals surface area (Å²) < 4.78 is 0. The van der Waals surface area contributed by atoms with E-state index >= 15 is 0 Å². The fourth-order valence-electron chi connectivity index (χ4n) is 2.35. The minimum absolute atomic E-state index is 0.523. The van der Waals surface area contributed by atoms with Crippen LogP contribution in [-0.2, 0) is 0 Å². The third kappa shape index (κ3) is 0.867. The molecule has 0 spiro atoms. The molecule has 2 saturated carbocycles. The summed E-state index contributed by atoms with van der Waals surface area (Å²) in [5.74, 6) is 1.79. The van der Waals surface area contributed by atoms with E-state index < -0.39 is 0 Å². The van der Waals surface area contributed by atoms with Gasteiger partial charge >= 0.3 is 0 Å². The molecule has 0 aromatic heterocycles. The fourth-order valence-corrected chi connectivity index (χ4v) is 2.35. The van der Waals surface area contributed by atoms with Crippen LogP contribution in [0.1, 0.15) is 19.3 Å². The first-order valence-corrected chi connectivity index (χ1v) is 4.26. The van der Waals surface area contributed by atoms with Crippen molar-refractivity contribution >= 4 is 0 Å². The summed E-state index contributed by atoms with van der Waals surface area (Å²) in [6.07, 6.45) is 3.90. The predicted molar refractivity (Wildman–Crippen MR) is 41.7 cm³/mol. The van der Waals surface area contributed by atoms with E-state index in [0.29, 0.717) is 6.04 Å². The van der Waals surface area contributed by atoms with Gasteiger partial charge in [-0.2, -0.15) is 0 Å². The summed E-state index contributed by atoms with van der Waals surface area (Å²) in [4.78, 5) is 0. The number of fused-ring (bicyclic) bond motifs is 1. The molecule has 0 saturated heterocycles. The molecule has 3 unspecified atom stereocenters. The van der Waals surface area contributed by atoms with E-state index in [0.717, 1.165) is 17.9 Å². The first-order valence-electron chi connectivity index (χ1n) is 4.26. The molecule has 2 fully saturated rings. The van der Waals surface area contributed by atoms with E-state index in [-0.39, 0.29) is 0 Å². The minimum Gasteiger partial charge on any atom is -0.327 e. The number of hydrogen-bond donors (Lipinski definition) is 2. The van der Waals surface area contributed by atoms with Gasteiger partial charge in [0.1, 0.15) is 0 Å². The fraction of sp³-hybridized carbons (Fsp3) is 1.00. The van der Waals surface area contributed by atoms with Crippen molar-refractivity contribution in [1.29, 1.82) is 0 Å². The Balaban J connectivity index is 1.95. The zero-order valence-electron chi connectivity index (χ0n) is 6.51. The molecule has 2 heteroatoms. The van der Waals surface area contributed by atoms with Gasteiger partial charge < -0.3 is 11.1 Å². The molecule has 0 radical (unpaired) electrons. The highest BCUT2D eigenvalue weighted by atomic mass is 14.9. The van der Waals surface area contributed by atoms with Crippen molar-refractivity contribution in [3.63, 3.8) is 0 Å². The highest BCUT2D eigenvalue weighted by Crippen LogP contribution is 2.48. The zero-order chi connectivity index (χ0) is 7.14. The van der Waals surface area contributed by atoms with Gasteiger partial charge in [-0.25, -0.2) is 0 Å². The maximum Gasteiger partial charge on any atom is 0.00962 e. The Morgan fingerprint density at radius 1 is 1.30 bits per heavy atom. The summed E-state index contributed by atoms with van der Waals surface area (Å²) in [5, 5.41) is 3.36. The lowest BCUT2D eigenvalue weighted by Gasteiger charge is -2.24. The number of hydrogen-bond acceptors (Lipinski definition) is 2. The summed E-state index contributed by atoms with van der Waals surface area (Å²) in [5.41, 5.74) is 5.91. The molecule has 0 heterocycles. The predicted octanol–water partition coefficient (Wildman–Crippen LogP) is 0.332. The van der Waals surface area contributed by atoms with Gasteiger partial charge in [-0.05, 0) is 38.1 Å². The van der Waals surface area contributed by atoms with Gasteiger partial charge in [-0.1, -0.05) is 0 Å². The van der Waals surface area contributed by atoms with Crippen molar-refractivity contribution in [1.82, 2.24) is 5.32 Å². The van der Waals surface area contributed by atoms with Crippen LogP contribution in [0.3, 0.4) is 0 Å². The van der Waals surface area contributed by atoms with Crippen LogP contribution in [0, 0.1) is 11.8 Å². The lowest BCUT2D eigenvalue weighted by atomic mass is 9.92. The molecule has 0 amide bonds. The SMILES string of the molecule is CNC1CC[C@@H](N)C2CC12. The number of nitrogens with one attached hydrogen (secondary N) is 1. The second kappa shape index (κ2) is 2.21. The molecule has 0 aliphatic heterocycles. The molecule has 2 nitrogen and oxygen atoms in total. The van der Waals surface area contributed by atoms with Crippen molar-refractivity contribution in [2.24, 2.45) is 17.6 Å². The van der Waals surface area contributed by atoms with Crippen LogP contribution in [0.5, 0.6) is 0 Å². The van der Waals surface area contributed by atoms with Crippen LogP contribution in [-0.4, -0.2) is 19.1 Å². The van der Waals surface area contributed by atoms with Crippen molar-refractivity contribution in [2.75, 3.05) is 7.05 Å². The lowest BCUT2D eigenvalue weighted by Crippen LogP contribution is -2.37. The summed E-state index contributed by atoms with van der Waals surface area (Å²) in [6, 6.07) is 1.30. The normalized spacial score (nSPS) is 52.2. The average molecular weight is 140 g/mol. The van der Waals surface area contributed by atoms with E-state index in [4.69, 9.17) is 5.73 Å². The van der Waals surface area contributed by atoms with Crippen molar-refractivity contribution in [2.45, 2.75) is 31.3 Å². The molecule has 0 bridgehead atoms. The van der Waals surface area contributed by atoms with E-state index in [2.05, 4.69) is 12.4 Å². The Hall–Kier alpha value is -0.0800. The molecule has 58 valence electrons. The van der Waals surface area contributed by atoms with E-state index in [9.17, 15) is 0 Å². The first-order chi connectivity index (χ1) is 4.83. The summed E-state index contributed by atoms with van der Waals surface area (Å²) in [6.45, 7) is 0. The average Bonchev–Trinajstić information content (AvgIpc) is 2.68. The van der Waals surface area contributed by atoms with Gasteiger partial charge in [0.15, 0.2) is 0 Å². The monoisotopic (exact) mass is 140 g/mol. The highest BCUT2D eigenvalue weighted by Gasteiger charge is 2.48. The number of rotatable bonds is 1. The highest BCUT2D eigenvalue weighted by molar-refractivity contribution is 5.03. The van der Waals surface area contributed by atoms with Gasteiger partial charge in [-0.3, -0.25) is 0 Å². The molecule has 0 aromatic carbocycles. The van der Waals surface area contributed by atoms with Crippen LogP contribution < -0.4 is 11.1 Å². The maximum absolute atomic E-state index is 5.91. The van der Waals surface area contributed by atoms with Gasteiger partial charge in [0.2, 0.25) is 0 Å². The molecular weight excluding hydrogens is 124 g/mol. The van der Waals surface area contributed by atoms with E-state index in [1.165, 1.54) is 19.3 Å². The quantitative estimate of drug-likeness (QED) is 0.551. The van der Waals surface area contributed by atoms with Crippen molar-refractivity contribution in [3.8, 4) is 0 Å². The second-order valence-electron chi connectivity index (χ2n) is 3.70. The first kappa shape index (κ1) is 6.62. The molecular formula is C8H16N2. The van der Waals surface area contributed by atoms with Crippen LogP contribution in [0.2, 0.25) is 0 Å². The molecule has 2 aliphatic carbocycles. The van der Waals surface area contributed by atoms with E-state index in [1.807, 2.05) is 0 Å². The molecule has 2 aliphatic rings. The molecule has 2 rings (SSSR count). The third-order valence-corrected chi connectivity index (χ3v) is 3.14. The molecule has 4 atom stereocenters. The topological polar surface area (TPSA) is 38.0 Å². The van der Waals surface area contributed by atoms with Gasteiger partial charge in [0.05, 0.1) is 0 Å². The van der Waals surface area contributed by atoms with Crippen LogP contribution >= 0.6 is 0 Å². The standard InChI is InChI=1S/C8H16N2/c1-10-8-3-2-7(9)5-4-6(5)8/h5-8,10H,2-4,9H2,1H3/t5?,6?,7-,8?/m1/s1. The minimum atomic E-state index is 0.523. The Morgan fingerprint density at radius 3 is 2.80 bits per heavy atom. The van der Waals surface area contributed by atoms with Gasteiger partial charge in [0, 0.05) is 12.1 Å². The molecule has 3 N–H and O–H groups in total. The summed E-state index contributed by atoms with van der Waals surface area (Å²) in [7, 11) is 2.07. The van der Waals surface area contributed by atoms with Crippen LogP contribution in [0.4, 0.5) is 0 Å². The van der Waals surface area contributed by atoms with Gasteiger partial charge in [0.25, 0.3) is 0 Å². The third-order valence-electron chi connectivity index (χ3n) is 3.14. The van der Waals surface area contributed by atoms with Crippen LogP contribution in [0.15, 0.2) is 0 Å². The second-order valence-corrected chi connectivity index (χ2v) is 3.70. The Kier molecular flexibility index (Phi) is 1.46. The van der Waals surface area contributed by atoms with Crippen molar-refractivity contribution in [3.05, 3.63) is 0 Å². The summed E-state index contributed by atoms with van der Waals surface area (Å²) >= 11 is 0. The maximum atomic E-state index is 5.91.